The van der Waals surface area contributed by atoms with E-state index < -0.39 is 11.7 Å². The molecular formula is C28H31ClFN5O4. The van der Waals surface area contributed by atoms with E-state index in [2.05, 4.69) is 10.4 Å². The van der Waals surface area contributed by atoms with Crippen molar-refractivity contribution in [2.45, 2.75) is 52.2 Å². The third-order valence-electron chi connectivity index (χ3n) is 6.83. The molecular weight excluding hydrogens is 525 g/mol. The molecule has 4 rings (SSSR count). The third kappa shape index (κ3) is 6.44. The predicted octanol–water partition coefficient (Wildman–Crippen LogP) is 3.82. The molecule has 0 unspecified atom stereocenters. The highest BCUT2D eigenvalue weighted by atomic mass is 35.5. The Kier molecular flexibility index (Phi) is 8.96. The zero-order chi connectivity index (χ0) is 28.1. The lowest BCUT2D eigenvalue weighted by molar-refractivity contribution is -0.138. The topological polar surface area (TPSA) is 105 Å². The van der Waals surface area contributed by atoms with Crippen LogP contribution in [0.25, 0.3) is 10.9 Å². The number of benzene rings is 2. The minimum atomic E-state index is -0.603. The van der Waals surface area contributed by atoms with Gasteiger partial charge in [-0.3, -0.25) is 23.9 Å². The number of rotatable bonds is 9. The molecule has 1 fully saturated rings. The van der Waals surface area contributed by atoms with E-state index in [0.717, 1.165) is 19.3 Å². The highest BCUT2D eigenvalue weighted by molar-refractivity contribution is 6.30. The molecule has 0 radical (unpaired) electrons. The van der Waals surface area contributed by atoms with Crippen molar-refractivity contribution in [1.29, 1.82) is 0 Å². The van der Waals surface area contributed by atoms with Gasteiger partial charge in [-0.15, -0.1) is 0 Å². The first-order chi connectivity index (χ1) is 18.7. The lowest BCUT2D eigenvalue weighted by atomic mass is 10.1. The molecule has 11 heteroatoms. The van der Waals surface area contributed by atoms with Crippen molar-refractivity contribution in [3.63, 3.8) is 0 Å². The summed E-state index contributed by atoms with van der Waals surface area (Å²) in [6, 6.07) is 9.23. The van der Waals surface area contributed by atoms with Gasteiger partial charge in [0.25, 0.3) is 5.91 Å². The quantitative estimate of drug-likeness (QED) is 0.404. The number of piperidine rings is 1. The second-order valence-electron chi connectivity index (χ2n) is 9.85. The van der Waals surface area contributed by atoms with Crippen LogP contribution in [0.4, 0.5) is 4.39 Å². The Hall–Kier alpha value is -3.79. The van der Waals surface area contributed by atoms with Gasteiger partial charge in [0, 0.05) is 42.2 Å². The summed E-state index contributed by atoms with van der Waals surface area (Å²) in [6.45, 7) is 4.44. The van der Waals surface area contributed by atoms with Gasteiger partial charge in [-0.05, 0) is 57.4 Å². The molecule has 206 valence electrons. The van der Waals surface area contributed by atoms with Crippen molar-refractivity contribution < 1.29 is 23.6 Å². The molecule has 1 aliphatic rings. The van der Waals surface area contributed by atoms with Gasteiger partial charge in [0.2, 0.25) is 11.8 Å². The number of aldehydes is 1. The van der Waals surface area contributed by atoms with E-state index in [1.54, 1.807) is 38.1 Å². The van der Waals surface area contributed by atoms with Crippen molar-refractivity contribution >= 4 is 46.5 Å². The SMILES string of the molecule is CC(C)N(CC(=O)NCc1cccc(Cl)c1F)C(=O)Cn1nc(C=O)c2cc(C(=O)N3CCCCC3)ccc21. The van der Waals surface area contributed by atoms with E-state index in [4.69, 9.17) is 11.6 Å². The molecule has 0 spiro atoms. The van der Waals surface area contributed by atoms with Crippen LogP contribution in [0.2, 0.25) is 5.02 Å². The average Bonchev–Trinajstić information content (AvgIpc) is 3.28. The van der Waals surface area contributed by atoms with Crippen molar-refractivity contribution in [1.82, 2.24) is 24.9 Å². The fourth-order valence-electron chi connectivity index (χ4n) is 4.69. The minimum absolute atomic E-state index is 0.0372. The molecule has 1 aromatic heterocycles. The van der Waals surface area contributed by atoms with Crippen molar-refractivity contribution in [2.24, 2.45) is 0 Å². The number of hydrogen-bond donors (Lipinski definition) is 1. The Balaban J connectivity index is 1.47. The number of hydrogen-bond acceptors (Lipinski definition) is 5. The summed E-state index contributed by atoms with van der Waals surface area (Å²) in [6.07, 6.45) is 3.64. The van der Waals surface area contributed by atoms with E-state index in [0.29, 0.717) is 35.8 Å². The zero-order valence-corrected chi connectivity index (χ0v) is 22.7. The molecule has 1 N–H and O–H groups in total. The predicted molar refractivity (Wildman–Crippen MR) is 145 cm³/mol. The summed E-state index contributed by atoms with van der Waals surface area (Å²) in [7, 11) is 0. The number of nitrogens with one attached hydrogen (secondary N) is 1. The summed E-state index contributed by atoms with van der Waals surface area (Å²) in [5.74, 6) is -1.54. The van der Waals surface area contributed by atoms with E-state index in [1.807, 2.05) is 4.90 Å². The lowest BCUT2D eigenvalue weighted by Gasteiger charge is -2.27. The minimum Gasteiger partial charge on any atom is -0.350 e. The normalized spacial score (nSPS) is 13.5. The Morgan fingerprint density at radius 3 is 2.59 bits per heavy atom. The maximum absolute atomic E-state index is 14.1. The molecule has 2 heterocycles. The molecule has 9 nitrogen and oxygen atoms in total. The van der Waals surface area contributed by atoms with E-state index in [1.165, 1.54) is 21.7 Å². The molecule has 3 amide bonds. The second kappa shape index (κ2) is 12.4. The Bertz CT molecular complexity index is 1400. The lowest BCUT2D eigenvalue weighted by Crippen LogP contribution is -2.45. The molecule has 1 aliphatic heterocycles. The smallest absolute Gasteiger partial charge is 0.253 e. The van der Waals surface area contributed by atoms with Gasteiger partial charge >= 0.3 is 0 Å². The van der Waals surface area contributed by atoms with Crippen molar-refractivity contribution in [3.05, 3.63) is 64.1 Å². The van der Waals surface area contributed by atoms with Gasteiger partial charge in [-0.2, -0.15) is 5.10 Å². The first kappa shape index (κ1) is 28.2. The van der Waals surface area contributed by atoms with Crippen LogP contribution < -0.4 is 5.32 Å². The fourth-order valence-corrected chi connectivity index (χ4v) is 4.89. The number of amides is 3. The van der Waals surface area contributed by atoms with Gasteiger partial charge in [0.15, 0.2) is 6.29 Å². The van der Waals surface area contributed by atoms with Crippen LogP contribution in [0, 0.1) is 5.82 Å². The van der Waals surface area contributed by atoms with E-state index in [-0.39, 0.29) is 53.8 Å². The number of fused-ring (bicyclic) bond motifs is 1. The molecule has 0 saturated carbocycles. The summed E-state index contributed by atoms with van der Waals surface area (Å²) in [4.78, 5) is 53.8. The number of nitrogens with zero attached hydrogens (tertiary/aromatic N) is 4. The van der Waals surface area contributed by atoms with Crippen LogP contribution in [0.15, 0.2) is 36.4 Å². The standard InChI is InChI=1S/C28H31ClFN5O4/c1-18(2)34(15-25(37)31-14-20-7-6-8-22(29)27(20)30)26(38)16-35-24-10-9-19(13-21(24)23(17-36)32-35)28(39)33-11-4-3-5-12-33/h6-10,13,17-18H,3-5,11-12,14-16H2,1-2H3,(H,31,37). The Labute approximate surface area is 230 Å². The van der Waals surface area contributed by atoms with Crippen LogP contribution >= 0.6 is 11.6 Å². The van der Waals surface area contributed by atoms with Gasteiger partial charge < -0.3 is 15.1 Å². The average molecular weight is 556 g/mol. The number of halogens is 2. The number of carbonyl (C=O) groups is 4. The molecule has 39 heavy (non-hydrogen) atoms. The molecule has 0 bridgehead atoms. The Morgan fingerprint density at radius 2 is 1.90 bits per heavy atom. The summed E-state index contributed by atoms with van der Waals surface area (Å²) in [5.41, 5.74) is 1.37. The summed E-state index contributed by atoms with van der Waals surface area (Å²) < 4.78 is 15.5. The third-order valence-corrected chi connectivity index (χ3v) is 7.12. The maximum atomic E-state index is 14.1. The van der Waals surface area contributed by atoms with E-state index in [9.17, 15) is 23.6 Å². The van der Waals surface area contributed by atoms with Crippen LogP contribution in [-0.2, 0) is 22.7 Å². The largest absolute Gasteiger partial charge is 0.350 e. The van der Waals surface area contributed by atoms with Gasteiger partial charge in [0.1, 0.15) is 18.1 Å². The van der Waals surface area contributed by atoms with Crippen LogP contribution in [0.5, 0.6) is 0 Å². The molecule has 1 saturated heterocycles. The zero-order valence-electron chi connectivity index (χ0n) is 22.0. The first-order valence-corrected chi connectivity index (χ1v) is 13.3. The second-order valence-corrected chi connectivity index (χ2v) is 10.3. The molecule has 0 aliphatic carbocycles. The number of carbonyl (C=O) groups excluding carboxylic acids is 4. The van der Waals surface area contributed by atoms with E-state index >= 15 is 0 Å². The van der Waals surface area contributed by atoms with Crippen LogP contribution in [0.1, 0.15) is 59.5 Å². The highest BCUT2D eigenvalue weighted by Crippen LogP contribution is 2.22. The van der Waals surface area contributed by atoms with Crippen molar-refractivity contribution in [3.8, 4) is 0 Å². The number of likely N-dealkylation sites (tertiary alicyclic amines) is 1. The van der Waals surface area contributed by atoms with Gasteiger partial charge in [-0.25, -0.2) is 4.39 Å². The fraction of sp³-hybridized carbons (Fsp3) is 0.393. The monoisotopic (exact) mass is 555 g/mol. The Morgan fingerprint density at radius 1 is 1.15 bits per heavy atom. The molecule has 2 aromatic carbocycles. The maximum Gasteiger partial charge on any atom is 0.253 e. The highest BCUT2D eigenvalue weighted by Gasteiger charge is 2.24. The number of aromatic nitrogens is 2. The summed E-state index contributed by atoms with van der Waals surface area (Å²) in [5, 5.41) is 7.37. The van der Waals surface area contributed by atoms with Crippen LogP contribution in [0.3, 0.4) is 0 Å². The van der Waals surface area contributed by atoms with Crippen molar-refractivity contribution in [2.75, 3.05) is 19.6 Å². The molecule has 0 atom stereocenters. The van der Waals surface area contributed by atoms with Gasteiger partial charge in [-0.1, -0.05) is 23.7 Å². The first-order valence-electron chi connectivity index (χ1n) is 12.9. The summed E-state index contributed by atoms with van der Waals surface area (Å²) >= 11 is 5.80. The molecule has 3 aromatic rings. The van der Waals surface area contributed by atoms with Gasteiger partial charge in [0.05, 0.1) is 17.1 Å². The van der Waals surface area contributed by atoms with Crippen LogP contribution in [-0.4, -0.2) is 69.3 Å².